The van der Waals surface area contributed by atoms with Gasteiger partial charge in [0, 0.05) is 50.4 Å². The summed E-state index contributed by atoms with van der Waals surface area (Å²) in [5, 5.41) is 3.00. The highest BCUT2D eigenvalue weighted by Crippen LogP contribution is 2.38. The molecule has 2 aliphatic heterocycles. The molecule has 9 nitrogen and oxygen atoms in total. The third kappa shape index (κ3) is 6.19. The van der Waals surface area contributed by atoms with Gasteiger partial charge in [-0.1, -0.05) is 12.1 Å². The normalized spacial score (nSPS) is 18.0. The van der Waals surface area contributed by atoms with Crippen molar-refractivity contribution in [3.05, 3.63) is 77.5 Å². The molecule has 1 fully saturated rings. The highest BCUT2D eigenvalue weighted by Gasteiger charge is 2.38. The number of nitrogens with one attached hydrogen (secondary N) is 1. The largest absolute Gasteiger partial charge is 0.492 e. The summed E-state index contributed by atoms with van der Waals surface area (Å²) in [4.78, 5) is 42.2. The molecule has 0 saturated carbocycles. The zero-order valence-corrected chi connectivity index (χ0v) is 22.4. The number of carbonyl (C=O) groups excluding carboxylic acids is 2. The van der Waals surface area contributed by atoms with Crippen molar-refractivity contribution in [2.24, 2.45) is 5.41 Å². The fourth-order valence-electron chi connectivity index (χ4n) is 5.39. The maximum absolute atomic E-state index is 14.2. The maximum Gasteiger partial charge on any atom is 0.275 e. The number of pyridine rings is 1. The number of hydrogen-bond acceptors (Lipinski definition) is 7. The van der Waals surface area contributed by atoms with Gasteiger partial charge < -0.3 is 19.9 Å². The van der Waals surface area contributed by atoms with Crippen LogP contribution < -0.4 is 15.0 Å². The lowest BCUT2D eigenvalue weighted by Crippen LogP contribution is -2.46. The number of rotatable bonds is 2. The summed E-state index contributed by atoms with van der Waals surface area (Å²) in [6, 6.07) is 9.72. The van der Waals surface area contributed by atoms with Crippen molar-refractivity contribution in [3.8, 4) is 5.75 Å². The Bertz CT molecular complexity index is 1380. The standard InChI is InChI=1S/C29H32F2N6O3/c1-20-32-11-7-25(35-20)36-13-4-8-29(19-40-24-6-3-2-5-22(24)27(38)33-12-16-36)9-14-37(15-10-29)28(39)26-23(31)17-21(30)18-34-26/h2-3,5-7,11,17-18H,4,8-10,12-16,19H2,1H3,(H,33,38). The summed E-state index contributed by atoms with van der Waals surface area (Å²) in [6.45, 7) is 4.72. The van der Waals surface area contributed by atoms with Gasteiger partial charge in [0.25, 0.3) is 11.8 Å². The van der Waals surface area contributed by atoms with Crippen LogP contribution in [0.5, 0.6) is 5.75 Å². The number of piperidine rings is 1. The lowest BCUT2D eigenvalue weighted by molar-refractivity contribution is 0.0358. The van der Waals surface area contributed by atoms with Crippen molar-refractivity contribution < 1.29 is 23.1 Å². The van der Waals surface area contributed by atoms with Crippen LogP contribution >= 0.6 is 0 Å². The van der Waals surface area contributed by atoms with Gasteiger partial charge in [0.15, 0.2) is 11.5 Å². The van der Waals surface area contributed by atoms with E-state index in [9.17, 15) is 18.4 Å². The van der Waals surface area contributed by atoms with Crippen LogP contribution in [0.3, 0.4) is 0 Å². The Balaban J connectivity index is 1.36. The van der Waals surface area contributed by atoms with E-state index in [4.69, 9.17) is 4.74 Å². The first-order chi connectivity index (χ1) is 19.3. The number of ether oxygens (including phenoxy) is 1. The summed E-state index contributed by atoms with van der Waals surface area (Å²) in [6.07, 6.45) is 5.50. The highest BCUT2D eigenvalue weighted by molar-refractivity contribution is 5.97. The molecule has 2 amide bonds. The van der Waals surface area contributed by atoms with E-state index in [1.165, 1.54) is 0 Å². The van der Waals surface area contributed by atoms with Gasteiger partial charge in [-0.3, -0.25) is 9.59 Å². The van der Waals surface area contributed by atoms with Crippen molar-refractivity contribution in [1.29, 1.82) is 0 Å². The second kappa shape index (κ2) is 11.9. The number of carbonyl (C=O) groups is 2. The Morgan fingerprint density at radius 2 is 1.85 bits per heavy atom. The van der Waals surface area contributed by atoms with Crippen LogP contribution in [-0.4, -0.2) is 71.0 Å². The molecule has 1 spiro atoms. The first kappa shape index (κ1) is 27.4. The number of hydrogen-bond donors (Lipinski definition) is 1. The smallest absolute Gasteiger partial charge is 0.275 e. The number of aryl methyl sites for hydroxylation is 1. The maximum atomic E-state index is 14.2. The fraction of sp³-hybridized carbons (Fsp3) is 0.414. The average Bonchev–Trinajstić information content (AvgIpc) is 2.96. The molecule has 40 heavy (non-hydrogen) atoms. The summed E-state index contributed by atoms with van der Waals surface area (Å²) in [7, 11) is 0. The molecule has 0 atom stereocenters. The number of likely N-dealkylation sites (tertiary alicyclic amines) is 1. The van der Waals surface area contributed by atoms with E-state index in [0.29, 0.717) is 75.4 Å². The molecule has 2 aliphatic rings. The van der Waals surface area contributed by atoms with Gasteiger partial charge in [0.2, 0.25) is 0 Å². The van der Waals surface area contributed by atoms with Gasteiger partial charge in [0.05, 0.1) is 18.4 Å². The Hall–Kier alpha value is -4.15. The summed E-state index contributed by atoms with van der Waals surface area (Å²) >= 11 is 0. The van der Waals surface area contributed by atoms with E-state index in [0.717, 1.165) is 24.9 Å². The highest BCUT2D eigenvalue weighted by atomic mass is 19.1. The third-order valence-corrected chi connectivity index (χ3v) is 7.67. The molecular formula is C29H32F2N6O3. The van der Waals surface area contributed by atoms with Crippen LogP contribution in [0.25, 0.3) is 0 Å². The second-order valence-electron chi connectivity index (χ2n) is 10.4. The van der Waals surface area contributed by atoms with Crippen molar-refractivity contribution in [2.75, 3.05) is 44.2 Å². The third-order valence-electron chi connectivity index (χ3n) is 7.67. The monoisotopic (exact) mass is 550 g/mol. The van der Waals surface area contributed by atoms with Crippen LogP contribution in [0.4, 0.5) is 14.6 Å². The fourth-order valence-corrected chi connectivity index (χ4v) is 5.39. The molecule has 0 bridgehead atoms. The number of benzene rings is 1. The van der Waals surface area contributed by atoms with Gasteiger partial charge in [0.1, 0.15) is 23.2 Å². The van der Waals surface area contributed by atoms with E-state index in [2.05, 4.69) is 25.2 Å². The Labute approximate surface area is 231 Å². The predicted octanol–water partition coefficient (Wildman–Crippen LogP) is 3.79. The van der Waals surface area contributed by atoms with Crippen molar-refractivity contribution in [3.63, 3.8) is 0 Å². The van der Waals surface area contributed by atoms with Gasteiger partial charge in [-0.05, 0) is 50.8 Å². The van der Waals surface area contributed by atoms with Crippen molar-refractivity contribution in [2.45, 2.75) is 32.6 Å². The zero-order valence-electron chi connectivity index (χ0n) is 22.4. The second-order valence-corrected chi connectivity index (χ2v) is 10.4. The van der Waals surface area contributed by atoms with Gasteiger partial charge in [-0.2, -0.15) is 0 Å². The Kier molecular flexibility index (Phi) is 8.18. The molecule has 0 radical (unpaired) electrons. The minimum atomic E-state index is -0.967. The first-order valence-electron chi connectivity index (χ1n) is 13.5. The number of amides is 2. The molecule has 0 aliphatic carbocycles. The summed E-state index contributed by atoms with van der Waals surface area (Å²) in [5.74, 6) is -0.567. The first-order valence-corrected chi connectivity index (χ1v) is 13.5. The van der Waals surface area contributed by atoms with E-state index in [1.807, 2.05) is 19.1 Å². The number of fused-ring (bicyclic) bond motifs is 1. The minimum Gasteiger partial charge on any atom is -0.492 e. The molecule has 0 unspecified atom stereocenters. The molecule has 5 rings (SSSR count). The Morgan fingerprint density at radius 1 is 1.05 bits per heavy atom. The van der Waals surface area contributed by atoms with E-state index >= 15 is 0 Å². The number of anilines is 1. The number of nitrogens with zero attached hydrogens (tertiary/aromatic N) is 5. The molecule has 3 aromatic rings. The summed E-state index contributed by atoms with van der Waals surface area (Å²) in [5.41, 5.74) is -0.178. The number of aromatic nitrogens is 3. The van der Waals surface area contributed by atoms with Gasteiger partial charge >= 0.3 is 0 Å². The van der Waals surface area contributed by atoms with Crippen LogP contribution in [0, 0.1) is 24.0 Å². The molecule has 1 saturated heterocycles. The molecule has 1 aromatic carbocycles. The van der Waals surface area contributed by atoms with Crippen LogP contribution in [-0.2, 0) is 0 Å². The molecule has 4 heterocycles. The lowest BCUT2D eigenvalue weighted by Gasteiger charge is -2.42. The Morgan fingerprint density at radius 3 is 2.62 bits per heavy atom. The average molecular weight is 551 g/mol. The molecule has 2 aromatic heterocycles. The summed E-state index contributed by atoms with van der Waals surface area (Å²) < 4.78 is 33.9. The molecule has 1 N–H and O–H groups in total. The van der Waals surface area contributed by atoms with E-state index in [1.54, 1.807) is 29.3 Å². The van der Waals surface area contributed by atoms with E-state index in [-0.39, 0.29) is 17.0 Å². The molecular weight excluding hydrogens is 518 g/mol. The van der Waals surface area contributed by atoms with Gasteiger partial charge in [-0.25, -0.2) is 23.7 Å². The zero-order chi connectivity index (χ0) is 28.1. The van der Waals surface area contributed by atoms with Crippen LogP contribution in [0.1, 0.15) is 52.4 Å². The van der Waals surface area contributed by atoms with Crippen LogP contribution in [0.2, 0.25) is 0 Å². The van der Waals surface area contributed by atoms with Crippen molar-refractivity contribution in [1.82, 2.24) is 25.2 Å². The number of halogens is 2. The van der Waals surface area contributed by atoms with Crippen LogP contribution in [0.15, 0.2) is 48.8 Å². The SMILES string of the molecule is Cc1nccc(N2CCCC3(CCN(C(=O)c4ncc(F)cc4F)CC3)COc3ccccc3C(=O)NCC2)n1. The molecule has 11 heteroatoms. The lowest BCUT2D eigenvalue weighted by atomic mass is 9.75. The topological polar surface area (TPSA) is 101 Å². The quantitative estimate of drug-likeness (QED) is 0.518. The minimum absolute atomic E-state index is 0.211. The number of para-hydroxylation sites is 1. The van der Waals surface area contributed by atoms with Crippen molar-refractivity contribution >= 4 is 17.6 Å². The van der Waals surface area contributed by atoms with Gasteiger partial charge in [-0.15, -0.1) is 0 Å². The molecule has 210 valence electrons. The van der Waals surface area contributed by atoms with E-state index < -0.39 is 17.5 Å². The predicted molar refractivity (Wildman–Crippen MR) is 144 cm³/mol.